The molecule has 0 spiro atoms. The van der Waals surface area contributed by atoms with E-state index in [4.69, 9.17) is 0 Å². The number of H-pyrrole nitrogens is 1. The Morgan fingerprint density at radius 3 is 2.55 bits per heavy atom. The maximum absolute atomic E-state index is 12.2. The van der Waals surface area contributed by atoms with Crippen molar-refractivity contribution >= 4 is 11.7 Å². The van der Waals surface area contributed by atoms with E-state index in [0.717, 1.165) is 37.3 Å². The maximum atomic E-state index is 12.2. The van der Waals surface area contributed by atoms with E-state index >= 15 is 0 Å². The molecule has 0 radical (unpaired) electrons. The number of aromatic amines is 1. The fraction of sp³-hybridized carbons (Fsp3) is 0.333. The van der Waals surface area contributed by atoms with Crippen LogP contribution in [0.15, 0.2) is 65.5 Å². The zero-order valence-electron chi connectivity index (χ0n) is 18.8. The highest BCUT2D eigenvalue weighted by Crippen LogP contribution is 2.35. The van der Waals surface area contributed by atoms with Crippen LogP contribution in [-0.2, 0) is 13.0 Å². The molecule has 0 unspecified atom stereocenters. The Hall–Kier alpha value is -3.38. The quantitative estimate of drug-likeness (QED) is 0.602. The fourth-order valence-electron chi connectivity index (χ4n) is 5.38. The van der Waals surface area contributed by atoms with Gasteiger partial charge in [-0.25, -0.2) is 4.79 Å². The van der Waals surface area contributed by atoms with Crippen molar-refractivity contribution in [1.82, 2.24) is 9.88 Å². The molecule has 33 heavy (non-hydrogen) atoms. The smallest absolute Gasteiger partial charge is 0.341 e. The lowest BCUT2D eigenvalue weighted by Crippen LogP contribution is -2.34. The van der Waals surface area contributed by atoms with Crippen molar-refractivity contribution in [2.75, 3.05) is 24.5 Å². The molecule has 0 bridgehead atoms. The number of rotatable bonds is 6. The van der Waals surface area contributed by atoms with Crippen molar-refractivity contribution in [3.05, 3.63) is 87.7 Å². The molecular formula is C27H29N3O3. The van der Waals surface area contributed by atoms with E-state index in [2.05, 4.69) is 57.2 Å². The molecule has 3 heterocycles. The Bertz CT molecular complexity index is 1200. The Balaban J connectivity index is 1.32. The minimum atomic E-state index is -1.20. The number of fused-ring (bicyclic) bond motifs is 1. The number of carboxylic acids is 1. The van der Waals surface area contributed by atoms with Crippen LogP contribution in [0.2, 0.25) is 0 Å². The van der Waals surface area contributed by atoms with Gasteiger partial charge in [0.2, 0.25) is 0 Å². The molecule has 6 heteroatoms. The van der Waals surface area contributed by atoms with Crippen molar-refractivity contribution in [2.24, 2.45) is 5.92 Å². The van der Waals surface area contributed by atoms with Crippen molar-refractivity contribution in [3.63, 3.8) is 0 Å². The minimum Gasteiger partial charge on any atom is -0.477 e. The third kappa shape index (κ3) is 4.18. The average Bonchev–Trinajstić information content (AvgIpc) is 3.41. The van der Waals surface area contributed by atoms with Crippen molar-refractivity contribution < 1.29 is 9.90 Å². The van der Waals surface area contributed by atoms with E-state index in [-0.39, 0.29) is 5.56 Å². The van der Waals surface area contributed by atoms with Crippen LogP contribution >= 0.6 is 0 Å². The second-order valence-corrected chi connectivity index (χ2v) is 9.10. The summed E-state index contributed by atoms with van der Waals surface area (Å²) in [4.78, 5) is 31.4. The summed E-state index contributed by atoms with van der Waals surface area (Å²) in [6.45, 7) is 6.23. The van der Waals surface area contributed by atoms with Gasteiger partial charge in [-0.3, -0.25) is 9.69 Å². The second kappa shape index (κ2) is 8.87. The fourth-order valence-corrected chi connectivity index (χ4v) is 5.38. The van der Waals surface area contributed by atoms with E-state index in [9.17, 15) is 14.7 Å². The zero-order valence-corrected chi connectivity index (χ0v) is 18.8. The lowest BCUT2D eigenvalue weighted by molar-refractivity contribution is 0.0695. The molecule has 0 aliphatic carbocycles. The number of aromatic carboxylic acids is 1. The summed E-state index contributed by atoms with van der Waals surface area (Å²) in [6.07, 6.45) is 1.88. The van der Waals surface area contributed by atoms with Crippen LogP contribution in [0, 0.1) is 5.92 Å². The van der Waals surface area contributed by atoms with Gasteiger partial charge >= 0.3 is 5.97 Å². The number of hydrogen-bond acceptors (Lipinski definition) is 4. The number of carbonyl (C=O) groups is 1. The summed E-state index contributed by atoms with van der Waals surface area (Å²) in [5.74, 6) is -0.506. The molecule has 5 rings (SSSR count). The van der Waals surface area contributed by atoms with Crippen molar-refractivity contribution in [1.29, 1.82) is 0 Å². The van der Waals surface area contributed by atoms with Crippen molar-refractivity contribution in [2.45, 2.75) is 32.4 Å². The van der Waals surface area contributed by atoms with Crippen LogP contribution in [-0.4, -0.2) is 46.6 Å². The molecule has 2 aliphatic rings. The summed E-state index contributed by atoms with van der Waals surface area (Å²) >= 11 is 0. The second-order valence-electron chi connectivity index (χ2n) is 9.10. The summed E-state index contributed by atoms with van der Waals surface area (Å²) in [7, 11) is 0. The number of nitrogens with one attached hydrogen (secondary N) is 1. The van der Waals surface area contributed by atoms with Gasteiger partial charge < -0.3 is 15.0 Å². The number of hydrogen-bond donors (Lipinski definition) is 2. The van der Waals surface area contributed by atoms with E-state index in [0.29, 0.717) is 24.1 Å². The Kier molecular flexibility index (Phi) is 5.77. The number of anilines is 1. The predicted octanol–water partition coefficient (Wildman–Crippen LogP) is 4.01. The highest BCUT2D eigenvalue weighted by molar-refractivity contribution is 5.88. The monoisotopic (exact) mass is 443 g/mol. The standard InChI is InChI=1S/C27H29N3O3/c1-2-19-14-23(27(32)33)26(31)28-25(19)20-8-10-22(11-9-20)30-16-21-12-13-29(24(21)17-30)15-18-6-4-3-5-7-18/h3-11,14,21,24H,2,12-13,15-17H2,1H3,(H,28,31)(H,32,33)/t21-,24+/m0/s1. The summed E-state index contributed by atoms with van der Waals surface area (Å²) in [5.41, 5.74) is 4.21. The third-order valence-corrected chi connectivity index (χ3v) is 7.15. The van der Waals surface area contributed by atoms with Gasteiger partial charge in [0.1, 0.15) is 5.56 Å². The Morgan fingerprint density at radius 1 is 1.09 bits per heavy atom. The highest BCUT2D eigenvalue weighted by atomic mass is 16.4. The van der Waals surface area contributed by atoms with Gasteiger partial charge in [-0.1, -0.05) is 49.4 Å². The first kappa shape index (κ1) is 21.5. The molecule has 6 nitrogen and oxygen atoms in total. The summed E-state index contributed by atoms with van der Waals surface area (Å²) < 4.78 is 0. The third-order valence-electron chi connectivity index (χ3n) is 7.15. The van der Waals surface area contributed by atoms with Gasteiger partial charge in [0.15, 0.2) is 0 Å². The van der Waals surface area contributed by atoms with Gasteiger partial charge in [-0.15, -0.1) is 0 Å². The molecule has 2 N–H and O–H groups in total. The van der Waals surface area contributed by atoms with Crippen LogP contribution in [0.4, 0.5) is 5.69 Å². The number of likely N-dealkylation sites (tertiary alicyclic amines) is 1. The van der Waals surface area contributed by atoms with Gasteiger partial charge in [0.25, 0.3) is 5.56 Å². The molecular weight excluding hydrogens is 414 g/mol. The normalized spacial score (nSPS) is 20.2. The number of nitrogens with zero attached hydrogens (tertiary/aromatic N) is 2. The van der Waals surface area contributed by atoms with E-state index < -0.39 is 11.5 Å². The molecule has 2 aliphatic heterocycles. The zero-order chi connectivity index (χ0) is 22.9. The van der Waals surface area contributed by atoms with Crippen LogP contribution in [0.1, 0.15) is 34.8 Å². The largest absolute Gasteiger partial charge is 0.477 e. The van der Waals surface area contributed by atoms with E-state index in [1.807, 2.05) is 19.1 Å². The first-order chi connectivity index (χ1) is 16.0. The molecule has 170 valence electrons. The SMILES string of the molecule is CCc1cc(C(=O)O)c(=O)[nH]c1-c1ccc(N2C[C@@H]3CCN(Cc4ccccc4)[C@@H]3C2)cc1. The van der Waals surface area contributed by atoms with Gasteiger partial charge in [0.05, 0.1) is 5.69 Å². The first-order valence-electron chi connectivity index (χ1n) is 11.7. The number of aromatic nitrogens is 1. The number of benzene rings is 2. The molecule has 0 amide bonds. The van der Waals surface area contributed by atoms with Gasteiger partial charge in [0, 0.05) is 31.4 Å². The highest BCUT2D eigenvalue weighted by Gasteiger charge is 2.41. The van der Waals surface area contributed by atoms with E-state index in [1.54, 1.807) is 0 Å². The average molecular weight is 444 g/mol. The molecule has 2 atom stereocenters. The van der Waals surface area contributed by atoms with Crippen LogP contribution in [0.5, 0.6) is 0 Å². The van der Waals surface area contributed by atoms with Crippen molar-refractivity contribution in [3.8, 4) is 11.3 Å². The molecule has 0 saturated carbocycles. The number of carboxylic acid groups (broad SMARTS) is 1. The Labute approximate surface area is 193 Å². The molecule has 2 aromatic carbocycles. The molecule has 2 fully saturated rings. The topological polar surface area (TPSA) is 76.6 Å². The van der Waals surface area contributed by atoms with Crippen LogP contribution < -0.4 is 10.5 Å². The summed E-state index contributed by atoms with van der Waals surface area (Å²) in [5, 5.41) is 9.24. The minimum absolute atomic E-state index is 0.212. The number of aryl methyl sites for hydroxylation is 1. The lowest BCUT2D eigenvalue weighted by Gasteiger charge is -2.25. The van der Waals surface area contributed by atoms with Gasteiger partial charge in [-0.2, -0.15) is 0 Å². The lowest BCUT2D eigenvalue weighted by atomic mass is 10.0. The maximum Gasteiger partial charge on any atom is 0.341 e. The van der Waals surface area contributed by atoms with E-state index in [1.165, 1.54) is 23.7 Å². The van der Waals surface area contributed by atoms with Crippen LogP contribution in [0.3, 0.4) is 0 Å². The molecule has 1 aromatic heterocycles. The number of pyridine rings is 1. The first-order valence-corrected chi connectivity index (χ1v) is 11.7. The predicted molar refractivity (Wildman–Crippen MR) is 130 cm³/mol. The molecule has 2 saturated heterocycles. The Morgan fingerprint density at radius 2 is 1.85 bits per heavy atom. The summed E-state index contributed by atoms with van der Waals surface area (Å²) in [6, 6.07) is 21.0. The molecule has 3 aromatic rings. The van der Waals surface area contributed by atoms with Crippen LogP contribution in [0.25, 0.3) is 11.3 Å². The van der Waals surface area contributed by atoms with Gasteiger partial charge in [-0.05, 0) is 60.2 Å².